The maximum Gasteiger partial charge on any atom is 0.0791 e. The van der Waals surface area contributed by atoms with Crippen molar-refractivity contribution in [2.45, 2.75) is 12.5 Å². The number of hydrogen-bond acceptors (Lipinski definition) is 2. The fraction of sp³-hybridized carbons (Fsp3) is 0.667. The third-order valence-corrected chi connectivity index (χ3v) is 1.14. The topological polar surface area (TPSA) is 29.5 Å². The van der Waals surface area contributed by atoms with Crippen molar-refractivity contribution in [3.63, 3.8) is 0 Å². The lowest BCUT2D eigenvalue weighted by molar-refractivity contribution is 0.0480. The normalized spacial score (nSPS) is 25.4. The summed E-state index contributed by atoms with van der Waals surface area (Å²) in [6.07, 6.45) is 5.36. The molecule has 0 saturated heterocycles. The van der Waals surface area contributed by atoms with Crippen LogP contribution in [-0.2, 0) is 4.74 Å². The molecule has 1 rings (SSSR count). The Labute approximate surface area is 48.8 Å². The van der Waals surface area contributed by atoms with Gasteiger partial charge in [0.25, 0.3) is 0 Å². The van der Waals surface area contributed by atoms with Crippen molar-refractivity contribution in [1.82, 2.24) is 0 Å². The maximum atomic E-state index is 8.29. The molecule has 1 atom stereocenters. The molecule has 0 spiro atoms. The number of rotatable bonds is 3. The molecule has 0 fully saturated rings. The molecule has 2 nitrogen and oxygen atoms in total. The summed E-state index contributed by atoms with van der Waals surface area (Å²) in [5, 5.41) is 8.29. The van der Waals surface area contributed by atoms with Crippen LogP contribution in [0, 0.1) is 0 Å². The summed E-state index contributed by atoms with van der Waals surface area (Å²) >= 11 is 0. The summed E-state index contributed by atoms with van der Waals surface area (Å²) in [4.78, 5) is 0. The zero-order valence-corrected chi connectivity index (χ0v) is 4.71. The maximum absolute atomic E-state index is 8.29. The average molecular weight is 114 g/mol. The van der Waals surface area contributed by atoms with Crippen LogP contribution in [0.2, 0.25) is 0 Å². The minimum Gasteiger partial charge on any atom is -0.394 e. The van der Waals surface area contributed by atoms with Crippen molar-refractivity contribution in [2.75, 3.05) is 13.2 Å². The molecule has 0 saturated carbocycles. The van der Waals surface area contributed by atoms with Crippen LogP contribution in [0.4, 0.5) is 0 Å². The number of ether oxygens (including phenoxy) is 1. The Bertz CT molecular complexity index is 88.5. The van der Waals surface area contributed by atoms with Crippen LogP contribution in [0.15, 0.2) is 12.2 Å². The van der Waals surface area contributed by atoms with Crippen molar-refractivity contribution in [3.8, 4) is 0 Å². The molecule has 1 aliphatic rings. The molecular weight excluding hydrogens is 104 g/mol. The lowest BCUT2D eigenvalue weighted by atomic mass is 10.1. The van der Waals surface area contributed by atoms with E-state index in [-0.39, 0.29) is 6.61 Å². The molecule has 8 heavy (non-hydrogen) atoms. The van der Waals surface area contributed by atoms with Gasteiger partial charge in [-0.25, -0.2) is 0 Å². The first kappa shape index (κ1) is 5.79. The highest BCUT2D eigenvalue weighted by Gasteiger charge is 2.08. The average Bonchev–Trinajstić information content (AvgIpc) is 1.63. The summed E-state index contributed by atoms with van der Waals surface area (Å²) in [6, 6.07) is 0. The van der Waals surface area contributed by atoms with Gasteiger partial charge in [0, 0.05) is 0 Å². The predicted molar refractivity (Wildman–Crippen MR) is 30.6 cm³/mol. The third-order valence-electron chi connectivity index (χ3n) is 1.14. The van der Waals surface area contributed by atoms with Gasteiger partial charge >= 0.3 is 0 Å². The van der Waals surface area contributed by atoms with E-state index < -0.39 is 0 Å². The number of hydrogen-bond donors (Lipinski definition) is 1. The SMILES string of the molecule is OCCOC1C=CC1. The minimum atomic E-state index is 0.129. The van der Waals surface area contributed by atoms with Crippen LogP contribution in [0.25, 0.3) is 0 Å². The Morgan fingerprint density at radius 3 is 2.88 bits per heavy atom. The second-order valence-corrected chi connectivity index (χ2v) is 1.80. The Hall–Kier alpha value is -0.340. The van der Waals surface area contributed by atoms with Gasteiger partial charge in [0.15, 0.2) is 0 Å². The lowest BCUT2D eigenvalue weighted by Crippen LogP contribution is -2.16. The highest BCUT2D eigenvalue weighted by Crippen LogP contribution is 2.10. The molecule has 0 aromatic carbocycles. The highest BCUT2D eigenvalue weighted by molar-refractivity contribution is 5.03. The molecule has 1 N–H and O–H groups in total. The van der Waals surface area contributed by atoms with Gasteiger partial charge in [-0.3, -0.25) is 0 Å². The Morgan fingerprint density at radius 1 is 1.75 bits per heavy atom. The highest BCUT2D eigenvalue weighted by atomic mass is 16.5. The van der Waals surface area contributed by atoms with Crippen LogP contribution in [0.3, 0.4) is 0 Å². The van der Waals surface area contributed by atoms with E-state index in [1.165, 1.54) is 0 Å². The van der Waals surface area contributed by atoms with Gasteiger partial charge in [-0.1, -0.05) is 12.2 Å². The first-order chi connectivity index (χ1) is 3.93. The largest absolute Gasteiger partial charge is 0.394 e. The van der Waals surface area contributed by atoms with E-state index in [2.05, 4.69) is 6.08 Å². The Morgan fingerprint density at radius 2 is 2.50 bits per heavy atom. The van der Waals surface area contributed by atoms with Crippen molar-refractivity contribution in [1.29, 1.82) is 0 Å². The summed E-state index contributed by atoms with van der Waals surface area (Å²) in [5.74, 6) is 0. The lowest BCUT2D eigenvalue weighted by Gasteiger charge is -2.16. The third kappa shape index (κ3) is 1.32. The molecule has 0 amide bonds. The molecule has 0 aliphatic heterocycles. The van der Waals surface area contributed by atoms with E-state index in [1.807, 2.05) is 6.08 Å². The van der Waals surface area contributed by atoms with E-state index in [4.69, 9.17) is 9.84 Å². The molecule has 0 radical (unpaired) electrons. The quantitative estimate of drug-likeness (QED) is 0.535. The van der Waals surface area contributed by atoms with E-state index >= 15 is 0 Å². The number of aliphatic hydroxyl groups is 1. The first-order valence-corrected chi connectivity index (χ1v) is 2.82. The van der Waals surface area contributed by atoms with Crippen molar-refractivity contribution < 1.29 is 9.84 Å². The molecule has 0 aromatic heterocycles. The second kappa shape index (κ2) is 2.84. The van der Waals surface area contributed by atoms with Crippen LogP contribution in [-0.4, -0.2) is 24.4 Å². The Kier molecular flexibility index (Phi) is 2.06. The summed E-state index contributed by atoms with van der Waals surface area (Å²) in [6.45, 7) is 0.597. The van der Waals surface area contributed by atoms with E-state index in [9.17, 15) is 0 Å². The van der Waals surface area contributed by atoms with E-state index in [0.29, 0.717) is 12.7 Å². The second-order valence-electron chi connectivity index (χ2n) is 1.80. The molecule has 0 bridgehead atoms. The fourth-order valence-electron chi connectivity index (χ4n) is 0.575. The van der Waals surface area contributed by atoms with Gasteiger partial charge in [-0.15, -0.1) is 0 Å². The molecule has 1 unspecified atom stereocenters. The van der Waals surface area contributed by atoms with Gasteiger partial charge in [0.05, 0.1) is 19.3 Å². The van der Waals surface area contributed by atoms with Gasteiger partial charge < -0.3 is 9.84 Å². The molecule has 1 aliphatic carbocycles. The smallest absolute Gasteiger partial charge is 0.0791 e. The molecule has 0 heterocycles. The fourth-order valence-corrected chi connectivity index (χ4v) is 0.575. The first-order valence-electron chi connectivity index (χ1n) is 2.82. The van der Waals surface area contributed by atoms with Crippen molar-refractivity contribution >= 4 is 0 Å². The van der Waals surface area contributed by atoms with Gasteiger partial charge in [-0.05, 0) is 6.42 Å². The summed E-state index contributed by atoms with van der Waals surface area (Å²) < 4.78 is 5.09. The van der Waals surface area contributed by atoms with Crippen LogP contribution >= 0.6 is 0 Å². The Balaban J connectivity index is 1.95. The van der Waals surface area contributed by atoms with E-state index in [1.54, 1.807) is 0 Å². The standard InChI is InChI=1S/C6H10O2/c7-4-5-8-6-2-1-3-6/h1-2,6-7H,3-5H2. The van der Waals surface area contributed by atoms with Crippen molar-refractivity contribution in [2.24, 2.45) is 0 Å². The van der Waals surface area contributed by atoms with E-state index in [0.717, 1.165) is 6.42 Å². The monoisotopic (exact) mass is 114 g/mol. The zero-order valence-electron chi connectivity index (χ0n) is 4.71. The predicted octanol–water partition coefficient (Wildman–Crippen LogP) is 0.324. The van der Waals surface area contributed by atoms with Crippen LogP contribution < -0.4 is 0 Å². The van der Waals surface area contributed by atoms with Gasteiger partial charge in [-0.2, -0.15) is 0 Å². The van der Waals surface area contributed by atoms with Gasteiger partial charge in [0.2, 0.25) is 0 Å². The molecular formula is C6H10O2. The molecule has 46 valence electrons. The minimum absolute atomic E-state index is 0.129. The van der Waals surface area contributed by atoms with Crippen LogP contribution in [0.5, 0.6) is 0 Å². The summed E-state index contributed by atoms with van der Waals surface area (Å²) in [5.41, 5.74) is 0. The van der Waals surface area contributed by atoms with Crippen LogP contribution in [0.1, 0.15) is 6.42 Å². The van der Waals surface area contributed by atoms with Gasteiger partial charge in [0.1, 0.15) is 0 Å². The van der Waals surface area contributed by atoms with Crippen molar-refractivity contribution in [3.05, 3.63) is 12.2 Å². The number of aliphatic hydroxyl groups excluding tert-OH is 1. The zero-order chi connectivity index (χ0) is 5.82. The summed E-state index contributed by atoms with van der Waals surface area (Å²) in [7, 11) is 0. The molecule has 2 heteroatoms. The molecule has 0 aromatic rings.